The zero-order valence-corrected chi connectivity index (χ0v) is 21.6. The molecule has 1 atom stereocenters. The molecular weight excluding hydrogens is 436 g/mol. The molecule has 9 nitrogen and oxygen atoms in total. The van der Waals surface area contributed by atoms with Crippen LogP contribution in [0.3, 0.4) is 0 Å². The average molecular weight is 475 g/mol. The van der Waals surface area contributed by atoms with Gasteiger partial charge in [0, 0.05) is 46.4 Å². The molecule has 1 fully saturated rings. The number of hydrogen-bond donors (Lipinski definition) is 2. The highest BCUT2D eigenvalue weighted by molar-refractivity contribution is 6.76. The molecule has 0 saturated carbocycles. The Kier molecular flexibility index (Phi) is 8.47. The second-order valence-corrected chi connectivity index (χ2v) is 16.1. The van der Waals surface area contributed by atoms with Gasteiger partial charge in [-0.15, -0.1) is 0 Å². The number of urea groups is 1. The second kappa shape index (κ2) is 11.1. The Morgan fingerprint density at radius 3 is 2.82 bits per heavy atom. The van der Waals surface area contributed by atoms with E-state index in [0.29, 0.717) is 36.9 Å². The van der Waals surface area contributed by atoms with E-state index >= 15 is 0 Å². The van der Waals surface area contributed by atoms with Gasteiger partial charge in [0.2, 0.25) is 5.91 Å². The summed E-state index contributed by atoms with van der Waals surface area (Å²) in [7, 11) is -1.12. The van der Waals surface area contributed by atoms with Crippen LogP contribution in [0.1, 0.15) is 33.1 Å². The number of aromatic nitrogens is 3. The average Bonchev–Trinajstić information content (AvgIpc) is 3.12. The number of rotatable bonds is 9. The number of nitrogens with zero attached hydrogens (tertiary/aromatic N) is 4. The Bertz CT molecular complexity index is 955. The van der Waals surface area contributed by atoms with Crippen molar-refractivity contribution >= 4 is 37.0 Å². The van der Waals surface area contributed by atoms with E-state index in [-0.39, 0.29) is 18.0 Å². The second-order valence-electron chi connectivity index (χ2n) is 10.5. The maximum atomic E-state index is 12.5. The van der Waals surface area contributed by atoms with Crippen molar-refractivity contribution < 1.29 is 14.3 Å². The molecule has 3 heterocycles. The lowest BCUT2D eigenvalue weighted by molar-refractivity contribution is -0.133. The van der Waals surface area contributed by atoms with E-state index < -0.39 is 8.07 Å². The molecule has 2 aromatic rings. The SMILES string of the molecule is CC(C)CC(=O)N1CCCC(NC(=O)Nc2cnc3c(ccn3COCC[Si](C)(C)C)n2)C1. The predicted octanol–water partition coefficient (Wildman–Crippen LogP) is 3.90. The molecule has 1 aliphatic rings. The van der Waals surface area contributed by atoms with Crippen LogP contribution in [0.4, 0.5) is 10.6 Å². The largest absolute Gasteiger partial charge is 0.361 e. The van der Waals surface area contributed by atoms with Gasteiger partial charge in [-0.3, -0.25) is 10.1 Å². The van der Waals surface area contributed by atoms with Gasteiger partial charge in [0.15, 0.2) is 11.5 Å². The minimum atomic E-state index is -1.12. The molecule has 0 bridgehead atoms. The number of piperidine rings is 1. The fourth-order valence-electron chi connectivity index (χ4n) is 3.80. The van der Waals surface area contributed by atoms with Crippen molar-refractivity contribution in [2.75, 3.05) is 25.0 Å². The number of carbonyl (C=O) groups excluding carboxylic acids is 2. The first kappa shape index (κ1) is 25.2. The number of fused-ring (bicyclic) bond motifs is 1. The molecule has 1 aliphatic heterocycles. The van der Waals surface area contributed by atoms with Crippen LogP contribution < -0.4 is 10.6 Å². The molecule has 182 valence electrons. The standard InChI is InChI=1S/C23H38N6O3Si/c1-17(2)13-21(30)28-9-6-7-18(15-28)25-23(31)27-20-14-24-22-19(26-20)8-10-29(22)16-32-11-12-33(3,4)5/h8,10,14,17-18H,6-7,9,11-13,15-16H2,1-5H3,(H2,25,26,27,31). The third-order valence-electron chi connectivity index (χ3n) is 5.62. The maximum Gasteiger partial charge on any atom is 0.320 e. The molecule has 2 aromatic heterocycles. The summed E-state index contributed by atoms with van der Waals surface area (Å²) in [6.07, 6.45) is 5.73. The predicted molar refractivity (Wildman–Crippen MR) is 133 cm³/mol. The van der Waals surface area contributed by atoms with Crippen LogP contribution in [0.15, 0.2) is 18.5 Å². The molecule has 2 N–H and O–H groups in total. The Morgan fingerprint density at radius 2 is 2.09 bits per heavy atom. The van der Waals surface area contributed by atoms with Crippen molar-refractivity contribution in [3.8, 4) is 0 Å². The van der Waals surface area contributed by atoms with E-state index in [1.807, 2.05) is 35.6 Å². The fraction of sp³-hybridized carbons (Fsp3) is 0.652. The fourth-order valence-corrected chi connectivity index (χ4v) is 4.56. The number of carbonyl (C=O) groups is 2. The molecule has 1 saturated heterocycles. The normalized spacial score (nSPS) is 16.9. The van der Waals surface area contributed by atoms with E-state index in [1.165, 1.54) is 0 Å². The van der Waals surface area contributed by atoms with Gasteiger partial charge in [0.05, 0.1) is 6.20 Å². The highest BCUT2D eigenvalue weighted by atomic mass is 28.3. The minimum absolute atomic E-state index is 0.0686. The summed E-state index contributed by atoms with van der Waals surface area (Å²) in [5, 5.41) is 5.74. The number of nitrogens with one attached hydrogen (secondary N) is 2. The van der Waals surface area contributed by atoms with Gasteiger partial charge in [0.25, 0.3) is 0 Å². The molecule has 3 amide bonds. The first-order valence-electron chi connectivity index (χ1n) is 11.9. The molecule has 1 unspecified atom stereocenters. The van der Waals surface area contributed by atoms with Crippen molar-refractivity contribution in [3.05, 3.63) is 18.5 Å². The summed E-state index contributed by atoms with van der Waals surface area (Å²) in [6.45, 7) is 13.5. The van der Waals surface area contributed by atoms with Crippen molar-refractivity contribution in [2.24, 2.45) is 5.92 Å². The molecule has 0 aliphatic carbocycles. The number of anilines is 1. The van der Waals surface area contributed by atoms with Crippen LogP contribution >= 0.6 is 0 Å². The van der Waals surface area contributed by atoms with E-state index in [0.717, 1.165) is 37.7 Å². The van der Waals surface area contributed by atoms with Crippen LogP contribution in [0.25, 0.3) is 11.2 Å². The molecule has 33 heavy (non-hydrogen) atoms. The van der Waals surface area contributed by atoms with Crippen LogP contribution in [0.2, 0.25) is 25.7 Å². The van der Waals surface area contributed by atoms with Crippen LogP contribution in [0.5, 0.6) is 0 Å². The van der Waals surface area contributed by atoms with Gasteiger partial charge in [0.1, 0.15) is 12.2 Å². The third-order valence-corrected chi connectivity index (χ3v) is 7.33. The van der Waals surface area contributed by atoms with E-state index in [1.54, 1.807) is 6.20 Å². The highest BCUT2D eigenvalue weighted by Gasteiger charge is 2.25. The Balaban J connectivity index is 1.51. The quantitative estimate of drug-likeness (QED) is 0.424. The van der Waals surface area contributed by atoms with Gasteiger partial charge < -0.3 is 19.5 Å². The zero-order chi connectivity index (χ0) is 24.0. The number of ether oxygens (including phenoxy) is 1. The van der Waals surface area contributed by atoms with Gasteiger partial charge in [-0.25, -0.2) is 14.8 Å². The topological polar surface area (TPSA) is 101 Å². The molecule has 0 aromatic carbocycles. The van der Waals surface area contributed by atoms with Crippen molar-refractivity contribution in [3.63, 3.8) is 0 Å². The lowest BCUT2D eigenvalue weighted by Gasteiger charge is -2.33. The lowest BCUT2D eigenvalue weighted by atomic mass is 10.0. The van der Waals surface area contributed by atoms with E-state index in [9.17, 15) is 9.59 Å². The summed E-state index contributed by atoms with van der Waals surface area (Å²) in [5.74, 6) is 0.873. The van der Waals surface area contributed by atoms with E-state index in [4.69, 9.17) is 4.74 Å². The van der Waals surface area contributed by atoms with Crippen LogP contribution in [0, 0.1) is 5.92 Å². The number of hydrogen-bond acceptors (Lipinski definition) is 5. The molecule has 10 heteroatoms. The first-order chi connectivity index (χ1) is 15.6. The van der Waals surface area contributed by atoms with Crippen LogP contribution in [-0.2, 0) is 16.3 Å². The van der Waals surface area contributed by atoms with Gasteiger partial charge >= 0.3 is 6.03 Å². The van der Waals surface area contributed by atoms with Gasteiger partial charge in [-0.1, -0.05) is 33.5 Å². The number of likely N-dealkylation sites (tertiary alicyclic amines) is 1. The molecule has 3 rings (SSSR count). The summed E-state index contributed by atoms with van der Waals surface area (Å²) in [4.78, 5) is 35.7. The summed E-state index contributed by atoms with van der Waals surface area (Å²) in [6, 6.07) is 2.58. The summed E-state index contributed by atoms with van der Waals surface area (Å²) in [5.41, 5.74) is 1.42. The van der Waals surface area contributed by atoms with Gasteiger partial charge in [-0.05, 0) is 30.9 Å². The Morgan fingerprint density at radius 1 is 1.30 bits per heavy atom. The van der Waals surface area contributed by atoms with Crippen molar-refractivity contribution in [1.82, 2.24) is 24.8 Å². The van der Waals surface area contributed by atoms with Crippen molar-refractivity contribution in [1.29, 1.82) is 0 Å². The third kappa shape index (κ3) is 7.81. The Labute approximate surface area is 197 Å². The first-order valence-corrected chi connectivity index (χ1v) is 15.6. The summed E-state index contributed by atoms with van der Waals surface area (Å²) >= 11 is 0. The monoisotopic (exact) mass is 474 g/mol. The molecule has 0 radical (unpaired) electrons. The summed E-state index contributed by atoms with van der Waals surface area (Å²) < 4.78 is 7.73. The van der Waals surface area contributed by atoms with E-state index in [2.05, 4.69) is 40.2 Å². The van der Waals surface area contributed by atoms with Gasteiger partial charge in [-0.2, -0.15) is 0 Å². The zero-order valence-electron chi connectivity index (χ0n) is 20.6. The smallest absolute Gasteiger partial charge is 0.320 e. The van der Waals surface area contributed by atoms with Crippen molar-refractivity contribution in [2.45, 2.75) is 71.6 Å². The molecule has 0 spiro atoms. The molecular formula is C23H38N6O3Si. The van der Waals surface area contributed by atoms with Crippen LogP contribution in [-0.4, -0.2) is 65.2 Å². The highest BCUT2D eigenvalue weighted by Crippen LogP contribution is 2.16. The maximum absolute atomic E-state index is 12.5. The lowest BCUT2D eigenvalue weighted by Crippen LogP contribution is -2.50. The number of amides is 3. The minimum Gasteiger partial charge on any atom is -0.361 e. The Hall–Kier alpha value is -2.46.